The molecule has 1 amide bonds. The Morgan fingerprint density at radius 2 is 1.91 bits per heavy atom. The highest BCUT2D eigenvalue weighted by atomic mass is 16.5. The molecule has 1 aromatic carbocycles. The SMILES string of the molecule is COc1ccc(C(=O)CCCC(=O)N2CCCNCC2)cc1. The van der Waals surface area contributed by atoms with E-state index in [0.29, 0.717) is 24.8 Å². The lowest BCUT2D eigenvalue weighted by Gasteiger charge is -2.19. The number of carbonyl (C=O) groups is 2. The van der Waals surface area contributed by atoms with Gasteiger partial charge in [-0.15, -0.1) is 0 Å². The number of methoxy groups -OCH3 is 1. The molecular weight excluding hydrogens is 280 g/mol. The predicted molar refractivity (Wildman–Crippen MR) is 85.2 cm³/mol. The lowest BCUT2D eigenvalue weighted by molar-refractivity contribution is -0.131. The van der Waals surface area contributed by atoms with Gasteiger partial charge >= 0.3 is 0 Å². The van der Waals surface area contributed by atoms with Gasteiger partial charge in [0.1, 0.15) is 5.75 Å². The van der Waals surface area contributed by atoms with Crippen molar-refractivity contribution in [2.45, 2.75) is 25.7 Å². The molecular formula is C17H24N2O3. The summed E-state index contributed by atoms with van der Waals surface area (Å²) < 4.78 is 5.07. The Labute approximate surface area is 131 Å². The number of ether oxygens (including phenoxy) is 1. The Balaban J connectivity index is 1.74. The number of benzene rings is 1. The minimum absolute atomic E-state index is 0.0768. The number of nitrogens with one attached hydrogen (secondary N) is 1. The summed E-state index contributed by atoms with van der Waals surface area (Å²) in [5.74, 6) is 0.973. The van der Waals surface area contributed by atoms with Crippen molar-refractivity contribution in [3.8, 4) is 5.75 Å². The first kappa shape index (κ1) is 16.5. The van der Waals surface area contributed by atoms with E-state index in [4.69, 9.17) is 4.74 Å². The third-order valence-electron chi connectivity index (χ3n) is 3.90. The molecule has 0 atom stereocenters. The molecule has 0 radical (unpaired) electrons. The van der Waals surface area contributed by atoms with E-state index in [1.165, 1.54) is 0 Å². The van der Waals surface area contributed by atoms with Crippen LogP contribution in [-0.4, -0.2) is 49.9 Å². The fourth-order valence-electron chi connectivity index (χ4n) is 2.57. The molecule has 22 heavy (non-hydrogen) atoms. The van der Waals surface area contributed by atoms with Gasteiger partial charge in [0.25, 0.3) is 0 Å². The van der Waals surface area contributed by atoms with Crippen LogP contribution in [0.5, 0.6) is 5.75 Å². The Morgan fingerprint density at radius 1 is 1.14 bits per heavy atom. The largest absolute Gasteiger partial charge is 0.497 e. The number of carbonyl (C=O) groups excluding carboxylic acids is 2. The molecule has 5 heteroatoms. The molecule has 0 aromatic heterocycles. The van der Waals surface area contributed by atoms with Crippen LogP contribution in [0.1, 0.15) is 36.0 Å². The topological polar surface area (TPSA) is 58.6 Å². The third kappa shape index (κ3) is 4.84. The average molecular weight is 304 g/mol. The summed E-state index contributed by atoms with van der Waals surface area (Å²) in [4.78, 5) is 26.1. The van der Waals surface area contributed by atoms with Crippen molar-refractivity contribution in [2.75, 3.05) is 33.3 Å². The Kier molecular flexibility index (Phi) is 6.40. The molecule has 0 bridgehead atoms. The van der Waals surface area contributed by atoms with Gasteiger partial charge in [0, 0.05) is 38.0 Å². The van der Waals surface area contributed by atoms with Gasteiger partial charge in [-0.2, -0.15) is 0 Å². The number of ketones is 1. The molecule has 1 N–H and O–H groups in total. The number of amides is 1. The van der Waals surface area contributed by atoms with E-state index in [1.807, 2.05) is 4.90 Å². The second-order valence-corrected chi connectivity index (χ2v) is 5.49. The number of hydrogen-bond acceptors (Lipinski definition) is 4. The Hall–Kier alpha value is -1.88. The molecule has 1 aliphatic rings. The molecule has 0 aliphatic carbocycles. The summed E-state index contributed by atoms with van der Waals surface area (Å²) in [5.41, 5.74) is 0.673. The summed E-state index contributed by atoms with van der Waals surface area (Å²) in [6.45, 7) is 3.42. The first-order valence-electron chi connectivity index (χ1n) is 7.86. The number of nitrogens with zero attached hydrogens (tertiary/aromatic N) is 1. The summed E-state index contributed by atoms with van der Waals surface area (Å²) in [5, 5.41) is 3.28. The van der Waals surface area contributed by atoms with Crippen molar-refractivity contribution < 1.29 is 14.3 Å². The number of Topliss-reactive ketones (excluding diaryl/α,β-unsaturated/α-hetero) is 1. The second kappa shape index (κ2) is 8.54. The van der Waals surface area contributed by atoms with Crippen LogP contribution in [0.2, 0.25) is 0 Å². The Morgan fingerprint density at radius 3 is 2.64 bits per heavy atom. The maximum atomic E-state index is 12.1. The van der Waals surface area contributed by atoms with Crippen LogP contribution < -0.4 is 10.1 Å². The van der Waals surface area contributed by atoms with Crippen LogP contribution in [-0.2, 0) is 4.79 Å². The van der Waals surface area contributed by atoms with Crippen LogP contribution in [0, 0.1) is 0 Å². The molecule has 1 aliphatic heterocycles. The van der Waals surface area contributed by atoms with Gasteiger partial charge in [-0.3, -0.25) is 9.59 Å². The van der Waals surface area contributed by atoms with Gasteiger partial charge in [-0.1, -0.05) is 0 Å². The van der Waals surface area contributed by atoms with Crippen LogP contribution in [0.15, 0.2) is 24.3 Å². The third-order valence-corrected chi connectivity index (χ3v) is 3.90. The van der Waals surface area contributed by atoms with Gasteiger partial charge in [-0.25, -0.2) is 0 Å². The van der Waals surface area contributed by atoms with E-state index in [9.17, 15) is 9.59 Å². The minimum Gasteiger partial charge on any atom is -0.497 e. The van der Waals surface area contributed by atoms with Gasteiger partial charge < -0.3 is 15.0 Å². The van der Waals surface area contributed by atoms with Crippen molar-refractivity contribution in [3.63, 3.8) is 0 Å². The first-order valence-corrected chi connectivity index (χ1v) is 7.86. The summed E-state index contributed by atoms with van der Waals surface area (Å²) in [6.07, 6.45) is 2.45. The van der Waals surface area contributed by atoms with Crippen molar-refractivity contribution in [1.29, 1.82) is 0 Å². The lowest BCUT2D eigenvalue weighted by atomic mass is 10.1. The quantitative estimate of drug-likeness (QED) is 0.815. The van der Waals surface area contributed by atoms with E-state index < -0.39 is 0 Å². The molecule has 0 unspecified atom stereocenters. The highest BCUT2D eigenvalue weighted by Gasteiger charge is 2.15. The molecule has 120 valence electrons. The summed E-state index contributed by atoms with van der Waals surface area (Å²) in [6, 6.07) is 7.10. The van der Waals surface area contributed by atoms with Crippen molar-refractivity contribution in [2.24, 2.45) is 0 Å². The van der Waals surface area contributed by atoms with Crippen LogP contribution in [0.25, 0.3) is 0 Å². The monoisotopic (exact) mass is 304 g/mol. The maximum absolute atomic E-state index is 12.1. The molecule has 1 saturated heterocycles. The zero-order valence-electron chi connectivity index (χ0n) is 13.1. The molecule has 1 heterocycles. The van der Waals surface area contributed by atoms with Crippen LogP contribution in [0.3, 0.4) is 0 Å². The Bertz CT molecular complexity index is 491. The van der Waals surface area contributed by atoms with Gasteiger partial charge in [-0.05, 0) is 43.7 Å². The second-order valence-electron chi connectivity index (χ2n) is 5.49. The molecule has 5 nitrogen and oxygen atoms in total. The maximum Gasteiger partial charge on any atom is 0.222 e. The predicted octanol–water partition coefficient (Wildman–Crippen LogP) is 1.87. The first-order chi connectivity index (χ1) is 10.7. The molecule has 0 saturated carbocycles. The number of rotatable bonds is 6. The fraction of sp³-hybridized carbons (Fsp3) is 0.529. The lowest BCUT2D eigenvalue weighted by Crippen LogP contribution is -2.34. The van der Waals surface area contributed by atoms with E-state index in [-0.39, 0.29) is 11.7 Å². The van der Waals surface area contributed by atoms with Gasteiger partial charge in [0.2, 0.25) is 5.91 Å². The molecule has 0 spiro atoms. The summed E-state index contributed by atoms with van der Waals surface area (Å²) >= 11 is 0. The average Bonchev–Trinajstić information content (AvgIpc) is 2.84. The van der Waals surface area contributed by atoms with Crippen LogP contribution >= 0.6 is 0 Å². The normalized spacial score (nSPS) is 15.2. The van der Waals surface area contributed by atoms with E-state index in [2.05, 4.69) is 5.32 Å². The standard InChI is InChI=1S/C17H24N2O3/c1-22-15-8-6-14(7-9-15)16(20)4-2-5-17(21)19-12-3-10-18-11-13-19/h6-9,18H,2-5,10-13H2,1H3. The number of hydrogen-bond donors (Lipinski definition) is 1. The van der Waals surface area contributed by atoms with Crippen molar-refractivity contribution in [3.05, 3.63) is 29.8 Å². The molecule has 2 rings (SSSR count). The minimum atomic E-state index is 0.0768. The zero-order chi connectivity index (χ0) is 15.8. The zero-order valence-corrected chi connectivity index (χ0v) is 13.1. The summed E-state index contributed by atoms with van der Waals surface area (Å²) in [7, 11) is 1.60. The molecule has 1 aromatic rings. The van der Waals surface area contributed by atoms with Crippen molar-refractivity contribution in [1.82, 2.24) is 10.2 Å². The van der Waals surface area contributed by atoms with Gasteiger partial charge in [0.15, 0.2) is 5.78 Å². The van der Waals surface area contributed by atoms with E-state index in [0.717, 1.165) is 38.3 Å². The van der Waals surface area contributed by atoms with E-state index in [1.54, 1.807) is 31.4 Å². The highest BCUT2D eigenvalue weighted by Crippen LogP contribution is 2.14. The smallest absolute Gasteiger partial charge is 0.222 e. The van der Waals surface area contributed by atoms with Gasteiger partial charge in [0.05, 0.1) is 7.11 Å². The van der Waals surface area contributed by atoms with E-state index >= 15 is 0 Å². The molecule has 1 fully saturated rings. The fourth-order valence-corrected chi connectivity index (χ4v) is 2.57. The van der Waals surface area contributed by atoms with Crippen LogP contribution in [0.4, 0.5) is 0 Å². The van der Waals surface area contributed by atoms with Crippen molar-refractivity contribution >= 4 is 11.7 Å². The highest BCUT2D eigenvalue weighted by molar-refractivity contribution is 5.96.